The molecule has 2 heterocycles. The van der Waals surface area contributed by atoms with E-state index in [0.717, 1.165) is 0 Å². The van der Waals surface area contributed by atoms with E-state index in [-0.39, 0.29) is 12.4 Å². The summed E-state index contributed by atoms with van der Waals surface area (Å²) in [6.45, 7) is 7.02. The molecule has 2 aromatic carbocycles. The molecular formula is C20H25ClN2. The summed E-state index contributed by atoms with van der Waals surface area (Å²) < 4.78 is 0. The maximum atomic E-state index is 2.63. The van der Waals surface area contributed by atoms with Gasteiger partial charge in [0.1, 0.15) is 0 Å². The van der Waals surface area contributed by atoms with Crippen molar-refractivity contribution in [1.29, 1.82) is 0 Å². The molecule has 0 amide bonds. The molecule has 0 bridgehead atoms. The van der Waals surface area contributed by atoms with Gasteiger partial charge in [0.05, 0.1) is 0 Å². The molecule has 1 fully saturated rings. The van der Waals surface area contributed by atoms with E-state index in [9.17, 15) is 0 Å². The van der Waals surface area contributed by atoms with E-state index >= 15 is 0 Å². The fourth-order valence-electron chi connectivity index (χ4n) is 4.17. The number of likely N-dealkylation sites (tertiary alicyclic amines) is 1. The third kappa shape index (κ3) is 2.75. The molecule has 3 heteroatoms. The van der Waals surface area contributed by atoms with E-state index in [0.29, 0.717) is 18.0 Å². The number of hydrogen-bond acceptors (Lipinski definition) is 2. The minimum atomic E-state index is 0. The molecule has 2 aliphatic rings. The van der Waals surface area contributed by atoms with Crippen LogP contribution in [0, 0.1) is 0 Å². The van der Waals surface area contributed by atoms with Crippen LogP contribution < -0.4 is 4.90 Å². The van der Waals surface area contributed by atoms with Crippen molar-refractivity contribution in [2.24, 2.45) is 0 Å². The summed E-state index contributed by atoms with van der Waals surface area (Å²) in [4.78, 5) is 5.21. The van der Waals surface area contributed by atoms with E-state index < -0.39 is 0 Å². The summed E-state index contributed by atoms with van der Waals surface area (Å²) in [6, 6.07) is 21.1. The Bertz CT molecular complexity index is 656. The minimum absolute atomic E-state index is 0. The molecule has 122 valence electrons. The molecule has 2 aromatic rings. The molecule has 4 rings (SSSR count). The van der Waals surface area contributed by atoms with Gasteiger partial charge in [0.25, 0.3) is 0 Å². The van der Waals surface area contributed by atoms with E-state index in [1.807, 2.05) is 0 Å². The first-order valence-electron chi connectivity index (χ1n) is 8.43. The van der Waals surface area contributed by atoms with Crippen LogP contribution in [0.2, 0.25) is 0 Å². The summed E-state index contributed by atoms with van der Waals surface area (Å²) in [6.07, 6.45) is 1.24. The highest BCUT2D eigenvalue weighted by Gasteiger charge is 2.42. The van der Waals surface area contributed by atoms with Gasteiger partial charge in [-0.25, -0.2) is 0 Å². The largest absolute Gasteiger partial charge is 0.337 e. The molecule has 0 spiro atoms. The van der Waals surface area contributed by atoms with E-state index in [1.54, 1.807) is 0 Å². The Morgan fingerprint density at radius 2 is 1.65 bits per heavy atom. The normalized spacial score (nSPS) is 23.3. The highest BCUT2D eigenvalue weighted by Crippen LogP contribution is 2.48. The van der Waals surface area contributed by atoms with Crippen LogP contribution in [-0.4, -0.2) is 30.1 Å². The highest BCUT2D eigenvalue weighted by atomic mass is 35.5. The van der Waals surface area contributed by atoms with Crippen molar-refractivity contribution in [3.63, 3.8) is 0 Å². The van der Waals surface area contributed by atoms with E-state index in [4.69, 9.17) is 0 Å². The Balaban J connectivity index is 0.00000156. The van der Waals surface area contributed by atoms with Crippen LogP contribution in [-0.2, 0) is 0 Å². The second-order valence-electron chi connectivity index (χ2n) is 6.82. The van der Waals surface area contributed by atoms with Gasteiger partial charge in [-0.1, -0.05) is 36.4 Å². The van der Waals surface area contributed by atoms with Gasteiger partial charge in [-0.05, 0) is 44.0 Å². The maximum absolute atomic E-state index is 2.63. The van der Waals surface area contributed by atoms with Gasteiger partial charge in [-0.2, -0.15) is 0 Å². The number of nitrogens with zero attached hydrogens (tertiary/aromatic N) is 2. The van der Waals surface area contributed by atoms with Crippen molar-refractivity contribution < 1.29 is 0 Å². The second kappa shape index (κ2) is 6.54. The second-order valence-corrected chi connectivity index (χ2v) is 6.82. The predicted molar refractivity (Wildman–Crippen MR) is 100 cm³/mol. The number of piperidine rings is 1. The van der Waals surface area contributed by atoms with Crippen molar-refractivity contribution in [3.8, 4) is 0 Å². The summed E-state index contributed by atoms with van der Waals surface area (Å²) in [5, 5.41) is 0. The molecule has 2 aliphatic heterocycles. The summed E-state index contributed by atoms with van der Waals surface area (Å²) in [5.74, 6) is 0.632. The van der Waals surface area contributed by atoms with Crippen molar-refractivity contribution >= 4 is 23.8 Å². The third-order valence-corrected chi connectivity index (χ3v) is 5.30. The Morgan fingerprint density at radius 3 is 2.39 bits per heavy atom. The Kier molecular flexibility index (Phi) is 4.65. The summed E-state index contributed by atoms with van der Waals surface area (Å²) in [7, 11) is 0. The number of rotatable bonds is 2. The van der Waals surface area contributed by atoms with Crippen LogP contribution in [0.25, 0.3) is 0 Å². The van der Waals surface area contributed by atoms with Gasteiger partial charge < -0.3 is 9.80 Å². The lowest BCUT2D eigenvalue weighted by molar-refractivity contribution is 0.159. The average Bonchev–Trinajstić information content (AvgIpc) is 2.89. The molecule has 0 saturated carbocycles. The van der Waals surface area contributed by atoms with Crippen LogP contribution >= 0.6 is 12.4 Å². The van der Waals surface area contributed by atoms with Crippen LogP contribution in [0.5, 0.6) is 0 Å². The lowest BCUT2D eigenvalue weighted by Crippen LogP contribution is -2.47. The van der Waals surface area contributed by atoms with Gasteiger partial charge in [0.2, 0.25) is 0 Å². The monoisotopic (exact) mass is 328 g/mol. The zero-order chi connectivity index (χ0) is 15.1. The number of hydrogen-bond donors (Lipinski definition) is 0. The first kappa shape index (κ1) is 16.4. The first-order chi connectivity index (χ1) is 10.8. The van der Waals surface area contributed by atoms with Crippen LogP contribution in [0.3, 0.4) is 0 Å². The topological polar surface area (TPSA) is 6.48 Å². The highest BCUT2D eigenvalue weighted by molar-refractivity contribution is 5.85. The average molecular weight is 329 g/mol. The van der Waals surface area contributed by atoms with Gasteiger partial charge in [0, 0.05) is 42.5 Å². The van der Waals surface area contributed by atoms with Crippen LogP contribution in [0.4, 0.5) is 11.4 Å². The Morgan fingerprint density at radius 1 is 0.957 bits per heavy atom. The zero-order valence-electron chi connectivity index (χ0n) is 13.9. The lowest BCUT2D eigenvalue weighted by atomic mass is 9.88. The fraction of sp³-hybridized carbons (Fsp3) is 0.400. The summed E-state index contributed by atoms with van der Waals surface area (Å²) in [5.41, 5.74) is 4.27. The molecular weight excluding hydrogens is 304 g/mol. The van der Waals surface area contributed by atoms with E-state index in [2.05, 4.69) is 78.2 Å². The SMILES string of the molecule is CC(C)N1CC[C@@H]2[C@@H](C1)c1ccccc1N2c1ccccc1.Cl. The summed E-state index contributed by atoms with van der Waals surface area (Å²) >= 11 is 0. The van der Waals surface area contributed by atoms with Gasteiger partial charge in [-0.15, -0.1) is 12.4 Å². The first-order valence-corrected chi connectivity index (χ1v) is 8.43. The molecule has 0 aromatic heterocycles. The lowest BCUT2D eigenvalue weighted by Gasteiger charge is -2.40. The standard InChI is InChI=1S/C20H24N2.ClH/c1-15(2)21-13-12-20-18(14-21)17-10-6-7-11-19(17)22(20)16-8-4-3-5-9-16;/h3-11,15,18,20H,12-14H2,1-2H3;1H/t18-,20+;/m0./s1. The van der Waals surface area contributed by atoms with Gasteiger partial charge in [-0.3, -0.25) is 0 Å². The number of halogens is 1. The maximum Gasteiger partial charge on any atom is 0.0450 e. The van der Waals surface area contributed by atoms with Gasteiger partial charge in [0.15, 0.2) is 0 Å². The number of para-hydroxylation sites is 2. The molecule has 23 heavy (non-hydrogen) atoms. The number of fused-ring (bicyclic) bond motifs is 3. The van der Waals surface area contributed by atoms with Crippen molar-refractivity contribution in [1.82, 2.24) is 4.90 Å². The zero-order valence-corrected chi connectivity index (χ0v) is 14.7. The van der Waals surface area contributed by atoms with E-state index in [1.165, 1.54) is 36.4 Å². The van der Waals surface area contributed by atoms with Gasteiger partial charge >= 0.3 is 0 Å². The van der Waals surface area contributed by atoms with Crippen molar-refractivity contribution in [2.75, 3.05) is 18.0 Å². The van der Waals surface area contributed by atoms with Crippen LogP contribution in [0.1, 0.15) is 31.7 Å². The fourth-order valence-corrected chi connectivity index (χ4v) is 4.17. The molecule has 0 radical (unpaired) electrons. The predicted octanol–water partition coefficient (Wildman–Crippen LogP) is 4.83. The van der Waals surface area contributed by atoms with Crippen molar-refractivity contribution in [3.05, 3.63) is 60.2 Å². The Labute approximate surface area is 145 Å². The minimum Gasteiger partial charge on any atom is -0.337 e. The number of anilines is 2. The van der Waals surface area contributed by atoms with Crippen molar-refractivity contribution in [2.45, 2.75) is 38.3 Å². The molecule has 2 nitrogen and oxygen atoms in total. The molecule has 2 atom stereocenters. The molecule has 0 unspecified atom stereocenters. The Hall–Kier alpha value is -1.51. The molecule has 1 saturated heterocycles. The van der Waals surface area contributed by atoms with Crippen LogP contribution in [0.15, 0.2) is 54.6 Å². The third-order valence-electron chi connectivity index (χ3n) is 5.30. The molecule has 0 aliphatic carbocycles. The smallest absolute Gasteiger partial charge is 0.0450 e. The molecule has 0 N–H and O–H groups in total. The number of benzene rings is 2. The quantitative estimate of drug-likeness (QED) is 0.779.